The van der Waals surface area contributed by atoms with E-state index >= 15 is 0 Å². The summed E-state index contributed by atoms with van der Waals surface area (Å²) < 4.78 is 27.9. The van der Waals surface area contributed by atoms with Crippen molar-refractivity contribution in [1.82, 2.24) is 15.1 Å². The zero-order chi connectivity index (χ0) is 25.2. The largest absolute Gasteiger partial charge is 0.350 e. The lowest BCUT2D eigenvalue weighted by molar-refractivity contribution is -0.120. The molecule has 10 heteroatoms. The van der Waals surface area contributed by atoms with Crippen LogP contribution in [0.15, 0.2) is 88.8 Å². The van der Waals surface area contributed by atoms with E-state index in [1.165, 1.54) is 10.4 Å². The Morgan fingerprint density at radius 3 is 2.19 bits per heavy atom. The second-order valence-electron chi connectivity index (χ2n) is 8.87. The molecule has 0 atom stereocenters. The third-order valence-electron chi connectivity index (χ3n) is 6.60. The molecular weight excluding hydrogens is 518 g/mol. The molecule has 1 fully saturated rings. The van der Waals surface area contributed by atoms with Gasteiger partial charge in [-0.1, -0.05) is 72.3 Å². The molecule has 2 aliphatic rings. The Kier molecular flexibility index (Phi) is 7.18. The minimum Gasteiger partial charge on any atom is -0.350 e. The molecule has 2 aliphatic heterocycles. The van der Waals surface area contributed by atoms with Crippen molar-refractivity contribution in [2.75, 3.05) is 19.6 Å². The van der Waals surface area contributed by atoms with Gasteiger partial charge in [-0.15, -0.1) is 11.3 Å². The number of thiophene rings is 1. The van der Waals surface area contributed by atoms with E-state index in [1.54, 1.807) is 12.1 Å². The van der Waals surface area contributed by atoms with Crippen LogP contribution in [0.4, 0.5) is 0 Å². The van der Waals surface area contributed by atoms with Crippen molar-refractivity contribution in [1.29, 1.82) is 0 Å². The normalized spacial score (nSPS) is 17.7. The summed E-state index contributed by atoms with van der Waals surface area (Å²) in [5.74, 6) is -0.251. The van der Waals surface area contributed by atoms with Crippen LogP contribution in [0.1, 0.15) is 29.9 Å². The van der Waals surface area contributed by atoms with Gasteiger partial charge in [-0.3, -0.25) is 15.1 Å². The summed E-state index contributed by atoms with van der Waals surface area (Å²) in [6, 6.07) is 23.3. The highest BCUT2D eigenvalue weighted by atomic mass is 35.5. The number of nitrogens with one attached hydrogen (secondary N) is 2. The van der Waals surface area contributed by atoms with Gasteiger partial charge in [0.2, 0.25) is 0 Å². The van der Waals surface area contributed by atoms with Crippen LogP contribution in [-0.4, -0.2) is 43.9 Å². The van der Waals surface area contributed by atoms with Gasteiger partial charge in [-0.25, -0.2) is 8.42 Å². The van der Waals surface area contributed by atoms with Crippen LogP contribution in [0, 0.1) is 0 Å². The Morgan fingerprint density at radius 1 is 1.03 bits per heavy atom. The van der Waals surface area contributed by atoms with Crippen molar-refractivity contribution in [3.8, 4) is 0 Å². The molecule has 7 nitrogen and oxygen atoms in total. The van der Waals surface area contributed by atoms with E-state index in [0.717, 1.165) is 22.5 Å². The van der Waals surface area contributed by atoms with Crippen LogP contribution in [-0.2, 0) is 19.7 Å². The number of halogens is 1. The molecule has 0 aliphatic carbocycles. The van der Waals surface area contributed by atoms with Crippen LogP contribution in [0.3, 0.4) is 0 Å². The number of sulfonamides is 1. The van der Waals surface area contributed by atoms with Crippen molar-refractivity contribution in [3.63, 3.8) is 0 Å². The molecule has 1 spiro atoms. The molecule has 0 unspecified atom stereocenters. The van der Waals surface area contributed by atoms with Crippen molar-refractivity contribution in [3.05, 3.63) is 100 Å². The van der Waals surface area contributed by atoms with E-state index in [0.29, 0.717) is 29.4 Å². The first kappa shape index (κ1) is 25.0. The maximum Gasteiger partial charge on any atom is 0.269 e. The minimum absolute atomic E-state index is 0.00688. The van der Waals surface area contributed by atoms with Gasteiger partial charge in [0, 0.05) is 25.6 Å². The Labute approximate surface area is 219 Å². The summed E-state index contributed by atoms with van der Waals surface area (Å²) >= 11 is 6.97. The third kappa shape index (κ3) is 5.21. The summed E-state index contributed by atoms with van der Waals surface area (Å²) in [6.45, 7) is 0.998. The molecule has 1 aromatic heterocycles. The molecule has 0 saturated carbocycles. The average molecular weight is 544 g/mol. The molecule has 3 aromatic rings. The molecule has 0 bridgehead atoms. The summed E-state index contributed by atoms with van der Waals surface area (Å²) in [7, 11) is -3.60. The average Bonchev–Trinajstić information content (AvgIpc) is 3.53. The Hall–Kier alpha value is -2.69. The number of rotatable bonds is 7. The van der Waals surface area contributed by atoms with Gasteiger partial charge in [-0.2, -0.15) is 4.31 Å². The molecule has 1 amide bonds. The van der Waals surface area contributed by atoms with Gasteiger partial charge >= 0.3 is 0 Å². The van der Waals surface area contributed by atoms with Gasteiger partial charge in [-0.05, 0) is 42.2 Å². The molecular formula is C26H26ClN3O4S2. The molecule has 2 N–H and O–H groups in total. The highest BCUT2D eigenvalue weighted by Crippen LogP contribution is 2.35. The van der Waals surface area contributed by atoms with Crippen LogP contribution >= 0.6 is 22.9 Å². The SMILES string of the molecule is O=C(NCC(c1ccccc1)c1ccccc1)C1=CC2(CCN(S(=O)(=O)c3ccc(Cl)s3)CC2)ON1. The number of carbonyl (C=O) groups is 1. The second kappa shape index (κ2) is 10.4. The highest BCUT2D eigenvalue weighted by molar-refractivity contribution is 7.91. The number of benzene rings is 2. The van der Waals surface area contributed by atoms with Crippen LogP contribution < -0.4 is 10.8 Å². The van der Waals surface area contributed by atoms with Crippen molar-refractivity contribution in [2.24, 2.45) is 0 Å². The molecule has 1 saturated heterocycles. The van der Waals surface area contributed by atoms with Crippen molar-refractivity contribution >= 4 is 38.9 Å². The smallest absolute Gasteiger partial charge is 0.269 e. The van der Waals surface area contributed by atoms with Gasteiger partial charge in [0.25, 0.3) is 15.9 Å². The van der Waals surface area contributed by atoms with E-state index in [9.17, 15) is 13.2 Å². The van der Waals surface area contributed by atoms with Crippen molar-refractivity contribution < 1.29 is 18.0 Å². The van der Waals surface area contributed by atoms with E-state index in [1.807, 2.05) is 36.4 Å². The van der Waals surface area contributed by atoms with E-state index in [-0.39, 0.29) is 29.1 Å². The maximum atomic E-state index is 13.0. The molecule has 5 rings (SSSR count). The quantitative estimate of drug-likeness (QED) is 0.464. The molecule has 0 radical (unpaired) electrons. The lowest BCUT2D eigenvalue weighted by atomic mass is 9.91. The van der Waals surface area contributed by atoms with Crippen molar-refractivity contribution in [2.45, 2.75) is 28.6 Å². The van der Waals surface area contributed by atoms with Gasteiger partial charge in [0.15, 0.2) is 0 Å². The molecule has 2 aromatic carbocycles. The number of amides is 1. The second-order valence-corrected chi connectivity index (χ2v) is 12.8. The maximum absolute atomic E-state index is 13.0. The topological polar surface area (TPSA) is 87.7 Å². The fourth-order valence-electron chi connectivity index (χ4n) is 4.59. The summed E-state index contributed by atoms with van der Waals surface area (Å²) in [5.41, 5.74) is 4.63. The number of piperidine rings is 1. The van der Waals surface area contributed by atoms with E-state index < -0.39 is 15.6 Å². The van der Waals surface area contributed by atoms with E-state index in [2.05, 4.69) is 35.1 Å². The molecule has 188 valence electrons. The number of carbonyl (C=O) groups excluding carboxylic acids is 1. The van der Waals surface area contributed by atoms with E-state index in [4.69, 9.17) is 16.4 Å². The number of nitrogens with zero attached hydrogens (tertiary/aromatic N) is 1. The third-order valence-corrected chi connectivity index (χ3v) is 10.2. The van der Waals surface area contributed by atoms with Gasteiger partial charge in [0.05, 0.1) is 4.34 Å². The number of hydrogen-bond donors (Lipinski definition) is 2. The highest BCUT2D eigenvalue weighted by Gasteiger charge is 2.43. The van der Waals surface area contributed by atoms with Crippen LogP contribution in [0.2, 0.25) is 4.34 Å². The number of hydroxylamine groups is 1. The Balaban J connectivity index is 1.23. The van der Waals surface area contributed by atoms with Gasteiger partial charge < -0.3 is 5.32 Å². The fraction of sp³-hybridized carbons (Fsp3) is 0.269. The zero-order valence-electron chi connectivity index (χ0n) is 19.4. The zero-order valence-corrected chi connectivity index (χ0v) is 21.8. The predicted molar refractivity (Wildman–Crippen MR) is 140 cm³/mol. The first-order valence-electron chi connectivity index (χ1n) is 11.7. The monoisotopic (exact) mass is 543 g/mol. The number of hydrogen-bond acceptors (Lipinski definition) is 6. The standard InChI is InChI=1S/C26H26ClN3O4S2/c27-23-11-12-24(35-23)36(32,33)30-15-13-26(14-16-30)17-22(29-34-26)25(31)28-18-21(19-7-3-1-4-8-19)20-9-5-2-6-10-20/h1-12,17,21,29H,13-16,18H2,(H,28,31). The lowest BCUT2D eigenvalue weighted by Gasteiger charge is -2.35. The first-order valence-corrected chi connectivity index (χ1v) is 14.3. The lowest BCUT2D eigenvalue weighted by Crippen LogP contribution is -2.46. The fourth-order valence-corrected chi connectivity index (χ4v) is 7.67. The summed E-state index contributed by atoms with van der Waals surface area (Å²) in [5, 5.41) is 3.03. The predicted octanol–water partition coefficient (Wildman–Crippen LogP) is 4.29. The summed E-state index contributed by atoms with van der Waals surface area (Å²) in [6.07, 6.45) is 2.66. The molecule has 3 heterocycles. The van der Waals surface area contributed by atoms with Gasteiger partial charge in [0.1, 0.15) is 15.5 Å². The van der Waals surface area contributed by atoms with Crippen LogP contribution in [0.5, 0.6) is 0 Å². The Morgan fingerprint density at radius 2 is 1.64 bits per heavy atom. The first-order chi connectivity index (χ1) is 17.4. The molecule has 36 heavy (non-hydrogen) atoms. The van der Waals surface area contributed by atoms with Crippen LogP contribution in [0.25, 0.3) is 0 Å². The Bertz CT molecular complexity index is 1310. The summed E-state index contributed by atoms with van der Waals surface area (Å²) in [4.78, 5) is 18.8. The minimum atomic E-state index is -3.60.